The molecule has 0 fully saturated rings. The van der Waals surface area contributed by atoms with Gasteiger partial charge in [-0.05, 0) is 18.1 Å². The highest BCUT2D eigenvalue weighted by Gasteiger charge is 2.05. The molecule has 0 spiro atoms. The van der Waals surface area contributed by atoms with E-state index in [4.69, 9.17) is 28.9 Å². The second kappa shape index (κ2) is 5.47. The number of hydrogen-bond acceptors (Lipinski definition) is 2. The minimum absolute atomic E-state index is 0.489. The Morgan fingerprint density at radius 1 is 1.33 bits per heavy atom. The molecule has 1 rings (SSSR count). The highest BCUT2D eigenvalue weighted by atomic mass is 35.5. The largest absolute Gasteiger partial charge is 0.397 e. The summed E-state index contributed by atoms with van der Waals surface area (Å²) in [5.74, 6) is 0.610. The van der Waals surface area contributed by atoms with Crippen LogP contribution in [0.15, 0.2) is 12.1 Å². The van der Waals surface area contributed by atoms with Crippen LogP contribution < -0.4 is 11.1 Å². The van der Waals surface area contributed by atoms with E-state index in [1.54, 1.807) is 12.1 Å². The predicted molar refractivity (Wildman–Crippen MR) is 68.8 cm³/mol. The van der Waals surface area contributed by atoms with Gasteiger partial charge in [0.2, 0.25) is 0 Å². The van der Waals surface area contributed by atoms with E-state index >= 15 is 0 Å². The highest BCUT2D eigenvalue weighted by molar-refractivity contribution is 6.42. The van der Waals surface area contributed by atoms with Gasteiger partial charge in [0, 0.05) is 6.54 Å². The van der Waals surface area contributed by atoms with Crippen LogP contribution in [0, 0.1) is 5.92 Å². The molecule has 0 bridgehead atoms. The summed E-state index contributed by atoms with van der Waals surface area (Å²) in [6.07, 6.45) is 1.13. The van der Waals surface area contributed by atoms with E-state index in [1.165, 1.54) is 0 Å². The van der Waals surface area contributed by atoms with Crippen LogP contribution in [-0.2, 0) is 0 Å². The number of benzene rings is 1. The van der Waals surface area contributed by atoms with Crippen LogP contribution in [0.1, 0.15) is 20.3 Å². The van der Waals surface area contributed by atoms with E-state index in [1.807, 2.05) is 0 Å². The van der Waals surface area contributed by atoms with Gasteiger partial charge in [0.1, 0.15) is 0 Å². The first kappa shape index (κ1) is 12.5. The van der Waals surface area contributed by atoms with Gasteiger partial charge in [0.05, 0.1) is 21.4 Å². The second-order valence-electron chi connectivity index (χ2n) is 3.75. The van der Waals surface area contributed by atoms with Gasteiger partial charge in [-0.2, -0.15) is 0 Å². The molecule has 2 nitrogen and oxygen atoms in total. The van der Waals surface area contributed by atoms with E-state index in [2.05, 4.69) is 19.2 Å². The molecule has 0 aliphatic heterocycles. The van der Waals surface area contributed by atoms with Crippen LogP contribution in [-0.4, -0.2) is 6.54 Å². The number of nitrogens with one attached hydrogen (secondary N) is 1. The van der Waals surface area contributed by atoms with Crippen LogP contribution in [0.3, 0.4) is 0 Å². The van der Waals surface area contributed by atoms with Crippen molar-refractivity contribution in [3.8, 4) is 0 Å². The lowest BCUT2D eigenvalue weighted by atomic mass is 10.1. The molecule has 15 heavy (non-hydrogen) atoms. The third-order valence-electron chi connectivity index (χ3n) is 2.43. The number of nitrogen functional groups attached to an aromatic ring is 1. The first-order valence-corrected chi connectivity index (χ1v) is 5.78. The molecule has 0 saturated carbocycles. The molecule has 0 aromatic heterocycles. The summed E-state index contributed by atoms with van der Waals surface area (Å²) in [6.45, 7) is 5.23. The summed E-state index contributed by atoms with van der Waals surface area (Å²) >= 11 is 11.7. The van der Waals surface area contributed by atoms with E-state index in [0.29, 0.717) is 21.7 Å². The molecule has 4 heteroatoms. The summed E-state index contributed by atoms with van der Waals surface area (Å²) in [5.41, 5.74) is 7.30. The SMILES string of the molecule is CCC(C)CNc1cc(Cl)c(Cl)cc1N. The summed E-state index contributed by atoms with van der Waals surface area (Å²) < 4.78 is 0. The van der Waals surface area contributed by atoms with Crippen LogP contribution in [0.2, 0.25) is 10.0 Å². The Morgan fingerprint density at radius 3 is 2.53 bits per heavy atom. The van der Waals surface area contributed by atoms with Crippen molar-refractivity contribution in [1.29, 1.82) is 0 Å². The predicted octanol–water partition coefficient (Wildman–Crippen LogP) is 4.03. The lowest BCUT2D eigenvalue weighted by Gasteiger charge is -2.13. The minimum atomic E-state index is 0.489. The highest BCUT2D eigenvalue weighted by Crippen LogP contribution is 2.30. The Balaban J connectivity index is 2.73. The van der Waals surface area contributed by atoms with Crippen molar-refractivity contribution in [2.45, 2.75) is 20.3 Å². The fourth-order valence-corrected chi connectivity index (χ4v) is 1.48. The second-order valence-corrected chi connectivity index (χ2v) is 4.56. The fraction of sp³-hybridized carbons (Fsp3) is 0.455. The number of rotatable bonds is 4. The first-order valence-electron chi connectivity index (χ1n) is 5.03. The Bertz CT molecular complexity index is 340. The third kappa shape index (κ3) is 3.47. The van der Waals surface area contributed by atoms with E-state index in [0.717, 1.165) is 18.7 Å². The van der Waals surface area contributed by atoms with Crippen molar-refractivity contribution in [3.05, 3.63) is 22.2 Å². The maximum atomic E-state index is 5.91. The maximum absolute atomic E-state index is 5.91. The van der Waals surface area contributed by atoms with Crippen molar-refractivity contribution in [2.75, 3.05) is 17.6 Å². The molecule has 84 valence electrons. The Hall–Kier alpha value is -0.600. The van der Waals surface area contributed by atoms with E-state index in [9.17, 15) is 0 Å². The smallest absolute Gasteiger partial charge is 0.0614 e. The zero-order chi connectivity index (χ0) is 11.4. The topological polar surface area (TPSA) is 38.0 Å². The van der Waals surface area contributed by atoms with Gasteiger partial charge in [0.25, 0.3) is 0 Å². The standard InChI is InChI=1S/C11H16Cl2N2/c1-3-7(2)6-15-11-5-9(13)8(12)4-10(11)14/h4-5,7,15H,3,6,14H2,1-2H3. The average molecular weight is 247 g/mol. The lowest BCUT2D eigenvalue weighted by Crippen LogP contribution is -2.11. The van der Waals surface area contributed by atoms with Gasteiger partial charge in [-0.1, -0.05) is 43.5 Å². The van der Waals surface area contributed by atoms with Crippen molar-refractivity contribution >= 4 is 34.6 Å². The zero-order valence-electron chi connectivity index (χ0n) is 8.98. The van der Waals surface area contributed by atoms with Gasteiger partial charge in [-0.15, -0.1) is 0 Å². The molecule has 1 aromatic carbocycles. The summed E-state index contributed by atoms with van der Waals surface area (Å²) in [6, 6.07) is 3.43. The van der Waals surface area contributed by atoms with Crippen LogP contribution in [0.5, 0.6) is 0 Å². The van der Waals surface area contributed by atoms with E-state index in [-0.39, 0.29) is 0 Å². The van der Waals surface area contributed by atoms with Crippen LogP contribution >= 0.6 is 23.2 Å². The zero-order valence-corrected chi connectivity index (χ0v) is 10.5. The molecule has 0 aliphatic carbocycles. The molecule has 0 heterocycles. The summed E-state index contributed by atoms with van der Waals surface area (Å²) in [7, 11) is 0. The van der Waals surface area contributed by atoms with Gasteiger partial charge < -0.3 is 11.1 Å². The molecular formula is C11H16Cl2N2. The van der Waals surface area contributed by atoms with Gasteiger partial charge in [-0.3, -0.25) is 0 Å². The van der Waals surface area contributed by atoms with Crippen LogP contribution in [0.25, 0.3) is 0 Å². The molecule has 0 saturated heterocycles. The van der Waals surface area contributed by atoms with E-state index < -0.39 is 0 Å². The average Bonchev–Trinajstić information content (AvgIpc) is 2.21. The van der Waals surface area contributed by atoms with Crippen molar-refractivity contribution < 1.29 is 0 Å². The first-order chi connectivity index (χ1) is 7.04. The maximum Gasteiger partial charge on any atom is 0.0614 e. The number of hydrogen-bond donors (Lipinski definition) is 2. The Morgan fingerprint density at radius 2 is 1.93 bits per heavy atom. The summed E-state index contributed by atoms with van der Waals surface area (Å²) in [4.78, 5) is 0. The van der Waals surface area contributed by atoms with Crippen molar-refractivity contribution in [3.63, 3.8) is 0 Å². The Labute approximate surface area is 101 Å². The molecule has 0 amide bonds. The van der Waals surface area contributed by atoms with Crippen molar-refractivity contribution in [1.82, 2.24) is 0 Å². The van der Waals surface area contributed by atoms with Crippen LogP contribution in [0.4, 0.5) is 11.4 Å². The Kier molecular flexibility index (Phi) is 4.55. The summed E-state index contributed by atoms with van der Waals surface area (Å²) in [5, 5.41) is 4.28. The van der Waals surface area contributed by atoms with Crippen molar-refractivity contribution in [2.24, 2.45) is 5.92 Å². The molecular weight excluding hydrogens is 231 g/mol. The molecule has 1 unspecified atom stereocenters. The van der Waals surface area contributed by atoms with Gasteiger partial charge >= 0.3 is 0 Å². The van der Waals surface area contributed by atoms with Gasteiger partial charge in [0.15, 0.2) is 0 Å². The molecule has 1 aromatic rings. The molecule has 0 radical (unpaired) electrons. The molecule has 0 aliphatic rings. The quantitative estimate of drug-likeness (QED) is 0.788. The minimum Gasteiger partial charge on any atom is -0.397 e. The third-order valence-corrected chi connectivity index (χ3v) is 3.15. The van der Waals surface area contributed by atoms with Gasteiger partial charge in [-0.25, -0.2) is 0 Å². The number of halogens is 2. The lowest BCUT2D eigenvalue weighted by molar-refractivity contribution is 0.593. The molecule has 1 atom stereocenters. The monoisotopic (exact) mass is 246 g/mol. The normalized spacial score (nSPS) is 12.5. The number of anilines is 2. The fourth-order valence-electron chi connectivity index (χ4n) is 1.14. The number of nitrogens with two attached hydrogens (primary N) is 1. The molecule has 3 N–H and O–H groups in total.